The molecule has 1 nitrogen and oxygen atoms in total. The van der Waals surface area contributed by atoms with Crippen LogP contribution in [-0.4, -0.2) is 11.9 Å². The number of rotatable bonds is 2. The van der Waals surface area contributed by atoms with Gasteiger partial charge in [0, 0.05) is 7.05 Å². The second kappa shape index (κ2) is 3.47. The third-order valence-electron chi connectivity index (χ3n) is 0.672. The molecule has 0 aliphatic carbocycles. The van der Waals surface area contributed by atoms with Crippen LogP contribution < -0.4 is 0 Å². The minimum absolute atomic E-state index is 1.75. The van der Waals surface area contributed by atoms with Gasteiger partial charge in [-0.05, 0) is 19.3 Å². The first-order chi connectivity index (χ1) is 3.31. The van der Waals surface area contributed by atoms with Gasteiger partial charge in [0.15, 0.2) is 0 Å². The van der Waals surface area contributed by atoms with Gasteiger partial charge in [0.05, 0.1) is 0 Å². The summed E-state index contributed by atoms with van der Waals surface area (Å²) < 4.78 is 0. The van der Waals surface area contributed by atoms with Gasteiger partial charge in [-0.2, -0.15) is 0 Å². The molecule has 0 aromatic rings. The Labute approximate surface area is 44.9 Å². The molecule has 0 aliphatic rings. The van der Waals surface area contributed by atoms with Crippen LogP contribution in [0.25, 0.3) is 0 Å². The summed E-state index contributed by atoms with van der Waals surface area (Å²) in [5.74, 6) is 0. The van der Waals surface area contributed by atoms with Crippen molar-refractivity contribution in [2.24, 2.45) is 0 Å². The highest BCUT2D eigenvalue weighted by Gasteiger charge is 1.71. The van der Waals surface area contributed by atoms with Gasteiger partial charge in [-0.15, -0.1) is 0 Å². The van der Waals surface area contributed by atoms with E-state index in [1.807, 2.05) is 31.1 Å². The Morgan fingerprint density at radius 3 is 2.29 bits per heavy atom. The molecule has 40 valence electrons. The lowest BCUT2D eigenvalue weighted by atomic mass is 10.6. The highest BCUT2D eigenvalue weighted by Crippen LogP contribution is 1.80. The summed E-state index contributed by atoms with van der Waals surface area (Å²) in [5.41, 5.74) is 0. The lowest BCUT2D eigenvalue weighted by molar-refractivity contribution is 0.627. The number of hydrogen-bond acceptors (Lipinski definition) is 1. The van der Waals surface area contributed by atoms with Crippen LogP contribution in [-0.2, 0) is 0 Å². The molecule has 0 atom stereocenters. The number of hydrogen-bond donors (Lipinski definition) is 0. The van der Waals surface area contributed by atoms with Crippen molar-refractivity contribution in [2.45, 2.75) is 6.92 Å². The maximum atomic E-state index is 3.55. The van der Waals surface area contributed by atoms with Gasteiger partial charge in [-0.3, -0.25) is 0 Å². The van der Waals surface area contributed by atoms with Gasteiger partial charge in [-0.25, -0.2) is 0 Å². The third kappa shape index (κ3) is 3.10. The van der Waals surface area contributed by atoms with Crippen LogP contribution in [0.5, 0.6) is 0 Å². The zero-order valence-corrected chi connectivity index (χ0v) is 4.89. The zero-order valence-electron chi connectivity index (χ0n) is 4.89. The smallest absolute Gasteiger partial charge is 0.0106 e. The molecule has 0 heterocycles. The van der Waals surface area contributed by atoms with Crippen LogP contribution >= 0.6 is 0 Å². The predicted octanol–water partition coefficient (Wildman–Crippen LogP) is 1.60. The van der Waals surface area contributed by atoms with Crippen molar-refractivity contribution < 1.29 is 0 Å². The molecular weight excluding hydrogens is 86.1 g/mol. The molecule has 0 aromatic heterocycles. The largest absolute Gasteiger partial charge is 0.358 e. The van der Waals surface area contributed by atoms with Crippen LogP contribution in [0.15, 0.2) is 25.1 Å². The first-order valence-corrected chi connectivity index (χ1v) is 2.28. The molecule has 1 heteroatoms. The molecule has 7 heavy (non-hydrogen) atoms. The van der Waals surface area contributed by atoms with Crippen molar-refractivity contribution >= 4 is 0 Å². The maximum absolute atomic E-state index is 3.55. The van der Waals surface area contributed by atoms with E-state index < -0.39 is 0 Å². The monoisotopic (exact) mass is 97.1 g/mol. The second-order valence-electron chi connectivity index (χ2n) is 1.33. The third-order valence-corrected chi connectivity index (χ3v) is 0.672. The Hall–Kier alpha value is -0.720. The van der Waals surface area contributed by atoms with Crippen molar-refractivity contribution in [3.63, 3.8) is 0 Å². The summed E-state index contributed by atoms with van der Waals surface area (Å²) in [6, 6.07) is 0. The van der Waals surface area contributed by atoms with E-state index in [1.54, 1.807) is 6.20 Å². The van der Waals surface area contributed by atoms with Crippen LogP contribution in [0.1, 0.15) is 6.92 Å². The molecule has 0 amide bonds. The number of allylic oxidation sites excluding steroid dienone is 1. The van der Waals surface area contributed by atoms with Gasteiger partial charge < -0.3 is 4.90 Å². The molecule has 0 bridgehead atoms. The van der Waals surface area contributed by atoms with E-state index in [4.69, 9.17) is 0 Å². The summed E-state index contributed by atoms with van der Waals surface area (Å²) in [4.78, 5) is 1.89. The summed E-state index contributed by atoms with van der Waals surface area (Å²) in [6.45, 7) is 5.53. The number of nitrogens with zero attached hydrogens (tertiary/aromatic N) is 1. The highest BCUT2D eigenvalue weighted by molar-refractivity contribution is 4.81. The van der Waals surface area contributed by atoms with E-state index in [0.717, 1.165) is 0 Å². The van der Waals surface area contributed by atoms with Crippen molar-refractivity contribution in [2.75, 3.05) is 7.05 Å². The average molecular weight is 97.2 g/mol. The van der Waals surface area contributed by atoms with Crippen LogP contribution in [0.2, 0.25) is 0 Å². The fourth-order valence-corrected chi connectivity index (χ4v) is 0.296. The lowest BCUT2D eigenvalue weighted by Crippen LogP contribution is -1.97. The van der Waals surface area contributed by atoms with Crippen LogP contribution in [0, 0.1) is 0 Å². The van der Waals surface area contributed by atoms with Gasteiger partial charge in [0.25, 0.3) is 0 Å². The standard InChI is InChI=1S/C6H11N/c1-4-6-7(3)5-2/h4-6H,2H2,1,3H3. The normalized spacial score (nSPS) is 9.43. The Morgan fingerprint density at radius 2 is 2.14 bits per heavy atom. The molecule has 0 spiro atoms. The van der Waals surface area contributed by atoms with Gasteiger partial charge >= 0.3 is 0 Å². The van der Waals surface area contributed by atoms with E-state index >= 15 is 0 Å². The molecule has 0 unspecified atom stereocenters. The van der Waals surface area contributed by atoms with E-state index in [-0.39, 0.29) is 0 Å². The van der Waals surface area contributed by atoms with E-state index in [9.17, 15) is 0 Å². The molecule has 0 saturated heterocycles. The first-order valence-electron chi connectivity index (χ1n) is 2.28. The van der Waals surface area contributed by atoms with E-state index in [0.29, 0.717) is 0 Å². The highest BCUT2D eigenvalue weighted by atomic mass is 15.0. The Bertz CT molecular complexity index is 74.2. The van der Waals surface area contributed by atoms with Gasteiger partial charge in [0.2, 0.25) is 0 Å². The Kier molecular flexibility index (Phi) is 3.11. The summed E-state index contributed by atoms with van der Waals surface area (Å²) in [6.07, 6.45) is 5.65. The fourth-order valence-electron chi connectivity index (χ4n) is 0.296. The van der Waals surface area contributed by atoms with Gasteiger partial charge in [0.1, 0.15) is 0 Å². The van der Waals surface area contributed by atoms with Crippen molar-refractivity contribution in [3.05, 3.63) is 25.1 Å². The minimum atomic E-state index is 1.75. The molecule has 0 aliphatic heterocycles. The topological polar surface area (TPSA) is 3.24 Å². The van der Waals surface area contributed by atoms with Crippen molar-refractivity contribution in [3.8, 4) is 0 Å². The zero-order chi connectivity index (χ0) is 5.70. The minimum Gasteiger partial charge on any atom is -0.358 e. The Balaban J connectivity index is 3.35. The molecular formula is C6H11N. The second-order valence-corrected chi connectivity index (χ2v) is 1.33. The summed E-state index contributed by atoms with van der Waals surface area (Å²) in [7, 11) is 1.94. The molecule has 0 N–H and O–H groups in total. The first kappa shape index (κ1) is 6.28. The quantitative estimate of drug-likeness (QED) is 0.506. The van der Waals surface area contributed by atoms with E-state index in [2.05, 4.69) is 6.58 Å². The molecule has 0 saturated carbocycles. The Morgan fingerprint density at radius 1 is 1.57 bits per heavy atom. The predicted molar refractivity (Wildman–Crippen MR) is 32.8 cm³/mol. The summed E-state index contributed by atoms with van der Waals surface area (Å²) in [5, 5.41) is 0. The molecule has 0 fully saturated rings. The maximum Gasteiger partial charge on any atom is 0.0106 e. The lowest BCUT2D eigenvalue weighted by Gasteiger charge is -2.02. The van der Waals surface area contributed by atoms with Crippen molar-refractivity contribution in [1.29, 1.82) is 0 Å². The van der Waals surface area contributed by atoms with E-state index in [1.165, 1.54) is 0 Å². The molecule has 0 rings (SSSR count). The fraction of sp³-hybridized carbons (Fsp3) is 0.333. The SMILES string of the molecule is C=CN(C)C=CC. The van der Waals surface area contributed by atoms with Crippen LogP contribution in [0.4, 0.5) is 0 Å². The van der Waals surface area contributed by atoms with Crippen LogP contribution in [0.3, 0.4) is 0 Å². The summed E-state index contributed by atoms with van der Waals surface area (Å²) >= 11 is 0. The van der Waals surface area contributed by atoms with Crippen molar-refractivity contribution in [1.82, 2.24) is 4.90 Å². The molecule has 0 aromatic carbocycles. The molecule has 0 radical (unpaired) electrons. The average Bonchev–Trinajstić information content (AvgIpc) is 1.68. The van der Waals surface area contributed by atoms with Gasteiger partial charge in [-0.1, -0.05) is 12.7 Å².